The van der Waals surface area contributed by atoms with E-state index in [1.807, 2.05) is 19.9 Å². The highest BCUT2D eigenvalue weighted by Crippen LogP contribution is 2.33. The minimum Gasteiger partial charge on any atom is -0.380 e. The second-order valence-corrected chi connectivity index (χ2v) is 3.47. The molecule has 13 heavy (non-hydrogen) atoms. The Balaban J connectivity index is 3.00. The molecule has 1 heterocycles. The molecule has 2 aromatic rings. The van der Waals surface area contributed by atoms with Gasteiger partial charge in [-0.3, -0.25) is 0 Å². The van der Waals surface area contributed by atoms with Crippen LogP contribution < -0.4 is 5.73 Å². The molecule has 0 amide bonds. The number of fused-ring (bicyclic) bond motifs is 1. The zero-order valence-electron chi connectivity index (χ0n) is 7.39. The van der Waals surface area contributed by atoms with Crippen molar-refractivity contribution in [3.8, 4) is 0 Å². The number of rotatable bonds is 0. The van der Waals surface area contributed by atoms with Gasteiger partial charge < -0.3 is 10.3 Å². The number of aromatic nitrogens is 1. The molecule has 0 radical (unpaired) electrons. The Hall–Kier alpha value is -1.22. The summed E-state index contributed by atoms with van der Waals surface area (Å²) in [6.07, 6.45) is 0. The fourth-order valence-corrected chi connectivity index (χ4v) is 1.67. The molecule has 0 unspecified atom stereocenters. The van der Waals surface area contributed by atoms with Crippen LogP contribution in [0.5, 0.6) is 0 Å². The first-order valence-electron chi connectivity index (χ1n) is 3.92. The van der Waals surface area contributed by atoms with E-state index in [0.29, 0.717) is 16.4 Å². The van der Waals surface area contributed by atoms with Crippen LogP contribution in [0.3, 0.4) is 0 Å². The number of aryl methyl sites for hydroxylation is 2. The van der Waals surface area contributed by atoms with Crippen molar-refractivity contribution in [2.24, 2.45) is 0 Å². The van der Waals surface area contributed by atoms with Gasteiger partial charge in [0, 0.05) is 0 Å². The van der Waals surface area contributed by atoms with Crippen molar-refractivity contribution in [3.63, 3.8) is 0 Å². The van der Waals surface area contributed by atoms with Crippen molar-refractivity contribution in [3.05, 3.63) is 22.2 Å². The smallest absolute Gasteiger partial charge is 0.176 e. The van der Waals surface area contributed by atoms with E-state index < -0.39 is 0 Å². The highest BCUT2D eigenvalue weighted by Gasteiger charge is 2.13. The first-order valence-corrected chi connectivity index (χ1v) is 4.29. The van der Waals surface area contributed by atoms with Crippen LogP contribution in [0.25, 0.3) is 11.0 Å². The van der Waals surface area contributed by atoms with E-state index in [9.17, 15) is 0 Å². The minimum atomic E-state index is 0.354. The molecular formula is C9H9ClN2O. The Morgan fingerprint density at radius 3 is 2.77 bits per heavy atom. The predicted octanol–water partition coefficient (Wildman–Crippen LogP) is 2.68. The van der Waals surface area contributed by atoms with E-state index in [2.05, 4.69) is 5.16 Å². The summed E-state index contributed by atoms with van der Waals surface area (Å²) in [5.41, 5.74) is 8.29. The zero-order valence-corrected chi connectivity index (χ0v) is 8.14. The van der Waals surface area contributed by atoms with Gasteiger partial charge in [-0.1, -0.05) is 22.8 Å². The Morgan fingerprint density at radius 2 is 2.08 bits per heavy atom. The Bertz CT molecular complexity index is 476. The van der Waals surface area contributed by atoms with Gasteiger partial charge in [0.1, 0.15) is 0 Å². The molecule has 0 atom stereocenters. The van der Waals surface area contributed by atoms with Gasteiger partial charge in [0.25, 0.3) is 0 Å². The molecule has 2 rings (SSSR count). The monoisotopic (exact) mass is 196 g/mol. The molecular weight excluding hydrogens is 188 g/mol. The molecule has 0 aliphatic rings. The highest BCUT2D eigenvalue weighted by atomic mass is 35.5. The third-order valence-corrected chi connectivity index (χ3v) is 2.56. The second-order valence-electron chi connectivity index (χ2n) is 3.10. The van der Waals surface area contributed by atoms with Crippen LogP contribution in [0.4, 0.5) is 5.82 Å². The molecule has 0 aliphatic heterocycles. The summed E-state index contributed by atoms with van der Waals surface area (Å²) >= 11 is 6.06. The molecule has 0 fully saturated rings. The van der Waals surface area contributed by atoms with Crippen molar-refractivity contribution in [2.75, 3.05) is 5.73 Å². The fourth-order valence-electron chi connectivity index (χ4n) is 1.43. The van der Waals surface area contributed by atoms with E-state index >= 15 is 0 Å². The van der Waals surface area contributed by atoms with Gasteiger partial charge in [-0.15, -0.1) is 0 Å². The van der Waals surface area contributed by atoms with Crippen molar-refractivity contribution in [1.29, 1.82) is 0 Å². The van der Waals surface area contributed by atoms with Crippen LogP contribution in [0, 0.1) is 13.8 Å². The standard InChI is InChI=1S/C9H9ClN2O/c1-4-3-5(2)8-6(7(4)10)9(11)12-13-8/h3H,1-2H3,(H2,11,12). The number of hydrogen-bond donors (Lipinski definition) is 1. The normalized spacial score (nSPS) is 11.0. The Labute approximate surface area is 80.5 Å². The van der Waals surface area contributed by atoms with Crippen LogP contribution in [0.1, 0.15) is 11.1 Å². The number of nitrogens with two attached hydrogens (primary N) is 1. The van der Waals surface area contributed by atoms with E-state index in [1.165, 1.54) is 0 Å². The maximum atomic E-state index is 6.06. The highest BCUT2D eigenvalue weighted by molar-refractivity contribution is 6.37. The lowest BCUT2D eigenvalue weighted by molar-refractivity contribution is 0.459. The summed E-state index contributed by atoms with van der Waals surface area (Å²) in [4.78, 5) is 0. The predicted molar refractivity (Wildman–Crippen MR) is 52.9 cm³/mol. The van der Waals surface area contributed by atoms with Crippen molar-refractivity contribution in [1.82, 2.24) is 5.16 Å². The van der Waals surface area contributed by atoms with Crippen molar-refractivity contribution in [2.45, 2.75) is 13.8 Å². The largest absolute Gasteiger partial charge is 0.380 e. The molecule has 68 valence electrons. The molecule has 0 saturated carbocycles. The third kappa shape index (κ3) is 1.08. The quantitative estimate of drug-likeness (QED) is 0.705. The molecule has 0 saturated heterocycles. The Morgan fingerprint density at radius 1 is 1.38 bits per heavy atom. The van der Waals surface area contributed by atoms with Gasteiger partial charge in [0.15, 0.2) is 11.4 Å². The summed E-state index contributed by atoms with van der Waals surface area (Å²) in [6, 6.07) is 1.95. The maximum absolute atomic E-state index is 6.06. The van der Waals surface area contributed by atoms with Crippen LogP contribution in [-0.2, 0) is 0 Å². The number of nitrogen functional groups attached to an aromatic ring is 1. The van der Waals surface area contributed by atoms with E-state index in [0.717, 1.165) is 16.5 Å². The SMILES string of the molecule is Cc1cc(C)c2onc(N)c2c1Cl. The van der Waals surface area contributed by atoms with E-state index in [1.54, 1.807) is 0 Å². The van der Waals surface area contributed by atoms with E-state index in [-0.39, 0.29) is 0 Å². The van der Waals surface area contributed by atoms with Crippen LogP contribution >= 0.6 is 11.6 Å². The fraction of sp³-hybridized carbons (Fsp3) is 0.222. The molecule has 2 N–H and O–H groups in total. The summed E-state index contributed by atoms with van der Waals surface area (Å²) < 4.78 is 5.06. The summed E-state index contributed by atoms with van der Waals surface area (Å²) in [7, 11) is 0. The molecule has 1 aromatic heterocycles. The average molecular weight is 197 g/mol. The number of halogens is 1. The topological polar surface area (TPSA) is 52.0 Å². The molecule has 1 aromatic carbocycles. The van der Waals surface area contributed by atoms with Crippen LogP contribution in [0.2, 0.25) is 5.02 Å². The van der Waals surface area contributed by atoms with Crippen molar-refractivity contribution < 1.29 is 4.52 Å². The number of nitrogens with zero attached hydrogens (tertiary/aromatic N) is 1. The van der Waals surface area contributed by atoms with Gasteiger partial charge in [-0.05, 0) is 25.0 Å². The second kappa shape index (κ2) is 2.64. The maximum Gasteiger partial charge on any atom is 0.176 e. The third-order valence-electron chi connectivity index (χ3n) is 2.08. The number of anilines is 1. The van der Waals surface area contributed by atoms with Crippen molar-refractivity contribution >= 4 is 28.4 Å². The Kier molecular flexibility index (Phi) is 1.70. The molecule has 0 aliphatic carbocycles. The van der Waals surface area contributed by atoms with Crippen LogP contribution in [0.15, 0.2) is 10.6 Å². The molecule has 0 bridgehead atoms. The minimum absolute atomic E-state index is 0.354. The van der Waals surface area contributed by atoms with Crippen LogP contribution in [-0.4, -0.2) is 5.16 Å². The molecule has 3 nitrogen and oxygen atoms in total. The van der Waals surface area contributed by atoms with Gasteiger partial charge in [0.05, 0.1) is 10.4 Å². The van der Waals surface area contributed by atoms with Gasteiger partial charge in [-0.2, -0.15) is 0 Å². The lowest BCUT2D eigenvalue weighted by atomic mass is 10.1. The number of benzene rings is 1. The lowest BCUT2D eigenvalue weighted by Gasteiger charge is -2.00. The summed E-state index contributed by atoms with van der Waals surface area (Å²) in [5.74, 6) is 0.354. The van der Waals surface area contributed by atoms with Gasteiger partial charge in [-0.25, -0.2) is 0 Å². The molecule has 4 heteroatoms. The lowest BCUT2D eigenvalue weighted by Crippen LogP contribution is -1.86. The van der Waals surface area contributed by atoms with E-state index in [4.69, 9.17) is 21.9 Å². The average Bonchev–Trinajstić information content (AvgIpc) is 2.44. The summed E-state index contributed by atoms with van der Waals surface area (Å²) in [6.45, 7) is 3.87. The first-order chi connectivity index (χ1) is 6.11. The zero-order chi connectivity index (χ0) is 9.59. The molecule has 0 spiro atoms. The summed E-state index contributed by atoms with van der Waals surface area (Å²) in [5, 5.41) is 5.02. The first kappa shape index (κ1) is 8.38. The van der Waals surface area contributed by atoms with Gasteiger partial charge in [0.2, 0.25) is 0 Å². The number of hydrogen-bond acceptors (Lipinski definition) is 3. The van der Waals surface area contributed by atoms with Gasteiger partial charge >= 0.3 is 0 Å².